The molecule has 0 aliphatic rings. The highest BCUT2D eigenvalue weighted by molar-refractivity contribution is 6.14. The predicted molar refractivity (Wildman–Crippen MR) is 120 cm³/mol. The first-order valence-corrected chi connectivity index (χ1v) is 9.48. The van der Waals surface area contributed by atoms with Crippen LogP contribution in [0.3, 0.4) is 0 Å². The molecule has 0 radical (unpaired) electrons. The van der Waals surface area contributed by atoms with E-state index in [1.807, 2.05) is 30.3 Å². The average Bonchev–Trinajstić information content (AvgIpc) is 3.30. The van der Waals surface area contributed by atoms with Crippen LogP contribution in [-0.4, -0.2) is 38.4 Å². The summed E-state index contributed by atoms with van der Waals surface area (Å²) in [6.07, 6.45) is 4.17. The molecule has 3 aromatic rings. The maximum absolute atomic E-state index is 13.6. The van der Waals surface area contributed by atoms with Gasteiger partial charge in [-0.15, -0.1) is 0 Å². The van der Waals surface area contributed by atoms with Crippen molar-refractivity contribution in [1.82, 2.24) is 5.16 Å². The summed E-state index contributed by atoms with van der Waals surface area (Å²) in [7, 11) is 4.74. The Hall–Kier alpha value is -4.07. The van der Waals surface area contributed by atoms with Crippen LogP contribution in [-0.2, 0) is 0 Å². The molecule has 31 heavy (non-hydrogen) atoms. The number of aliphatic imine (C=N–C) groups is 1. The Balaban J connectivity index is 2.04. The Bertz CT molecular complexity index is 1070. The van der Waals surface area contributed by atoms with Gasteiger partial charge in [0.2, 0.25) is 0 Å². The molecule has 0 spiro atoms. The molecule has 1 atom stereocenters. The normalized spacial score (nSPS) is 12.5. The molecular formula is C23H24N4O4. The number of hydrogen-bond donors (Lipinski definition) is 2. The van der Waals surface area contributed by atoms with Gasteiger partial charge in [0, 0.05) is 48.9 Å². The van der Waals surface area contributed by atoms with Crippen molar-refractivity contribution in [2.45, 2.75) is 6.04 Å². The second-order valence-electron chi connectivity index (χ2n) is 6.54. The summed E-state index contributed by atoms with van der Waals surface area (Å²) in [6.45, 7) is 0. The molecule has 0 saturated heterocycles. The third kappa shape index (κ3) is 4.92. The molecule has 160 valence electrons. The first-order chi connectivity index (χ1) is 15.1. The largest absolute Gasteiger partial charge is 0.497 e. The van der Waals surface area contributed by atoms with Crippen molar-refractivity contribution in [2.75, 3.05) is 26.6 Å². The SMILES string of the molecule is CN=CC(=CN)c1nocc1C(=O)C(Nc1cc(OC)cc(OC)c1)c1ccccc1. The number of methoxy groups -OCH3 is 2. The summed E-state index contributed by atoms with van der Waals surface area (Å²) in [4.78, 5) is 17.6. The Labute approximate surface area is 180 Å². The third-order valence-corrected chi connectivity index (χ3v) is 4.61. The van der Waals surface area contributed by atoms with E-state index >= 15 is 0 Å². The minimum atomic E-state index is -0.728. The van der Waals surface area contributed by atoms with Gasteiger partial charge in [0.1, 0.15) is 29.5 Å². The molecule has 0 saturated carbocycles. The minimum Gasteiger partial charge on any atom is -0.497 e. The first kappa shape index (κ1) is 21.6. The molecule has 1 heterocycles. The average molecular weight is 420 g/mol. The van der Waals surface area contributed by atoms with Gasteiger partial charge in [-0.3, -0.25) is 9.79 Å². The second kappa shape index (κ2) is 10.1. The Morgan fingerprint density at radius 3 is 2.42 bits per heavy atom. The molecule has 2 aromatic carbocycles. The smallest absolute Gasteiger partial charge is 0.195 e. The van der Waals surface area contributed by atoms with Crippen LogP contribution in [0.4, 0.5) is 5.69 Å². The van der Waals surface area contributed by atoms with Crippen molar-refractivity contribution >= 4 is 23.3 Å². The van der Waals surface area contributed by atoms with Gasteiger partial charge in [0.15, 0.2) is 5.78 Å². The lowest BCUT2D eigenvalue weighted by molar-refractivity contribution is 0.0968. The molecule has 8 heteroatoms. The fourth-order valence-electron chi connectivity index (χ4n) is 3.10. The summed E-state index contributed by atoms with van der Waals surface area (Å²) in [5.74, 6) is 0.951. The van der Waals surface area contributed by atoms with Crippen LogP contribution >= 0.6 is 0 Å². The summed E-state index contributed by atoms with van der Waals surface area (Å²) in [5, 5.41) is 7.25. The first-order valence-electron chi connectivity index (χ1n) is 9.48. The monoisotopic (exact) mass is 420 g/mol. The van der Waals surface area contributed by atoms with Gasteiger partial charge in [-0.25, -0.2) is 0 Å². The number of carbonyl (C=O) groups excluding carboxylic acids is 1. The van der Waals surface area contributed by atoms with Gasteiger partial charge in [-0.05, 0) is 5.56 Å². The van der Waals surface area contributed by atoms with E-state index in [9.17, 15) is 4.79 Å². The van der Waals surface area contributed by atoms with Crippen molar-refractivity contribution in [3.8, 4) is 11.5 Å². The molecule has 0 bridgehead atoms. The van der Waals surface area contributed by atoms with E-state index in [4.69, 9.17) is 19.7 Å². The zero-order valence-corrected chi connectivity index (χ0v) is 17.5. The van der Waals surface area contributed by atoms with Crippen LogP contribution in [0.25, 0.3) is 5.57 Å². The number of Topliss-reactive ketones (excluding diaryl/α,β-unsaturated/α-hetero) is 1. The number of anilines is 1. The van der Waals surface area contributed by atoms with E-state index in [1.165, 1.54) is 18.7 Å². The summed E-state index contributed by atoms with van der Waals surface area (Å²) in [5.41, 5.74) is 8.21. The zero-order valence-electron chi connectivity index (χ0n) is 17.5. The maximum atomic E-state index is 13.6. The number of nitrogens with two attached hydrogens (primary N) is 1. The highest BCUT2D eigenvalue weighted by Gasteiger charge is 2.27. The standard InChI is InChI=1S/C23H24N4O4/c1-25-13-16(12-24)21-20(14-31-27-21)23(28)22(15-7-5-4-6-8-15)26-17-9-18(29-2)11-19(10-17)30-3/h4-14,22,26H,24H2,1-3H3. The zero-order chi connectivity index (χ0) is 22.2. The number of nitrogens with zero attached hydrogens (tertiary/aromatic N) is 2. The molecule has 1 aromatic heterocycles. The lowest BCUT2D eigenvalue weighted by Crippen LogP contribution is -2.22. The highest BCUT2D eigenvalue weighted by atomic mass is 16.5. The van der Waals surface area contributed by atoms with Crippen molar-refractivity contribution in [2.24, 2.45) is 10.7 Å². The topological polar surface area (TPSA) is 112 Å². The number of ketones is 1. The summed E-state index contributed by atoms with van der Waals surface area (Å²) < 4.78 is 15.8. The number of allylic oxidation sites excluding steroid dienone is 1. The highest BCUT2D eigenvalue weighted by Crippen LogP contribution is 2.31. The molecule has 0 amide bonds. The van der Waals surface area contributed by atoms with E-state index in [1.54, 1.807) is 39.5 Å². The number of hydrogen-bond acceptors (Lipinski definition) is 8. The van der Waals surface area contributed by atoms with Crippen LogP contribution in [0.15, 0.2) is 70.5 Å². The molecule has 8 nitrogen and oxygen atoms in total. The lowest BCUT2D eigenvalue weighted by atomic mass is 9.95. The van der Waals surface area contributed by atoms with Crippen molar-refractivity contribution in [3.63, 3.8) is 0 Å². The van der Waals surface area contributed by atoms with Crippen LogP contribution in [0.1, 0.15) is 27.7 Å². The number of aromatic nitrogens is 1. The molecule has 1 unspecified atom stereocenters. The fourth-order valence-corrected chi connectivity index (χ4v) is 3.10. The van der Waals surface area contributed by atoms with E-state index in [-0.39, 0.29) is 11.3 Å². The quantitative estimate of drug-likeness (QED) is 0.401. The predicted octanol–water partition coefficient (Wildman–Crippen LogP) is 3.73. The van der Waals surface area contributed by atoms with Crippen LogP contribution < -0.4 is 20.5 Å². The van der Waals surface area contributed by atoms with Crippen molar-refractivity contribution in [1.29, 1.82) is 0 Å². The Kier molecular flexibility index (Phi) is 7.05. The molecule has 0 aliphatic heterocycles. The van der Waals surface area contributed by atoms with Crippen molar-refractivity contribution in [3.05, 3.63) is 77.8 Å². The van der Waals surface area contributed by atoms with Crippen LogP contribution in [0.5, 0.6) is 11.5 Å². The summed E-state index contributed by atoms with van der Waals surface area (Å²) >= 11 is 0. The van der Waals surface area contributed by atoms with Gasteiger partial charge in [0.05, 0.1) is 19.8 Å². The maximum Gasteiger partial charge on any atom is 0.195 e. The Morgan fingerprint density at radius 1 is 1.16 bits per heavy atom. The van der Waals surface area contributed by atoms with E-state index in [0.29, 0.717) is 28.5 Å². The number of carbonyl (C=O) groups is 1. The number of rotatable bonds is 9. The van der Waals surface area contributed by atoms with Crippen LogP contribution in [0, 0.1) is 0 Å². The number of ether oxygens (including phenoxy) is 2. The molecule has 0 fully saturated rings. The molecular weight excluding hydrogens is 396 g/mol. The van der Waals surface area contributed by atoms with E-state index in [2.05, 4.69) is 15.5 Å². The minimum absolute atomic E-state index is 0.243. The van der Waals surface area contributed by atoms with Gasteiger partial charge in [0.25, 0.3) is 0 Å². The Morgan fingerprint density at radius 2 is 1.84 bits per heavy atom. The van der Waals surface area contributed by atoms with Gasteiger partial charge >= 0.3 is 0 Å². The number of nitrogens with one attached hydrogen (secondary N) is 1. The molecule has 3 rings (SSSR count). The summed E-state index contributed by atoms with van der Waals surface area (Å²) in [6, 6.07) is 14.0. The molecule has 3 N–H and O–H groups in total. The van der Waals surface area contributed by atoms with Gasteiger partial charge < -0.3 is 25.0 Å². The lowest BCUT2D eigenvalue weighted by Gasteiger charge is -2.20. The van der Waals surface area contributed by atoms with E-state index in [0.717, 1.165) is 5.56 Å². The molecule has 0 aliphatic carbocycles. The van der Waals surface area contributed by atoms with Crippen molar-refractivity contribution < 1.29 is 18.8 Å². The third-order valence-electron chi connectivity index (χ3n) is 4.61. The van der Waals surface area contributed by atoms with E-state index < -0.39 is 6.04 Å². The van der Waals surface area contributed by atoms with Gasteiger partial charge in [-0.1, -0.05) is 35.5 Å². The number of benzene rings is 2. The van der Waals surface area contributed by atoms with Gasteiger partial charge in [-0.2, -0.15) is 0 Å². The second-order valence-corrected chi connectivity index (χ2v) is 6.54. The fraction of sp³-hybridized carbons (Fsp3) is 0.174. The van der Waals surface area contributed by atoms with Crippen LogP contribution in [0.2, 0.25) is 0 Å².